The number of ether oxygens (including phenoxy) is 1. The molecule has 1 aliphatic heterocycles. The lowest BCUT2D eigenvalue weighted by atomic mass is 9.99. The van der Waals surface area contributed by atoms with E-state index in [0.717, 1.165) is 0 Å². The van der Waals surface area contributed by atoms with E-state index in [1.54, 1.807) is 54.3 Å². The summed E-state index contributed by atoms with van der Waals surface area (Å²) in [7, 11) is -2.44. The minimum Gasteiger partial charge on any atom is -0.486 e. The Morgan fingerprint density at radius 1 is 1.10 bits per heavy atom. The highest BCUT2D eigenvalue weighted by molar-refractivity contribution is 7.89. The van der Waals surface area contributed by atoms with Gasteiger partial charge in [0, 0.05) is 30.2 Å². The van der Waals surface area contributed by atoms with E-state index >= 15 is 0 Å². The van der Waals surface area contributed by atoms with E-state index in [2.05, 4.69) is 10.6 Å². The normalized spacial score (nSPS) is 18.1. The Morgan fingerprint density at radius 3 is 2.44 bits per heavy atom. The van der Waals surface area contributed by atoms with Crippen LogP contribution in [0.25, 0.3) is 0 Å². The number of para-hydroxylation sites is 2. The highest BCUT2D eigenvalue weighted by atomic mass is 35.5. The van der Waals surface area contributed by atoms with Crippen molar-refractivity contribution in [2.24, 2.45) is 5.92 Å². The summed E-state index contributed by atoms with van der Waals surface area (Å²) in [5.74, 6) is -0.610. The highest BCUT2D eigenvalue weighted by Gasteiger charge is 2.36. The molecule has 0 aliphatic carbocycles. The van der Waals surface area contributed by atoms with Gasteiger partial charge in [-0.2, -0.15) is 4.31 Å². The molecule has 0 fully saturated rings. The summed E-state index contributed by atoms with van der Waals surface area (Å²) < 4.78 is 34.3. The number of anilines is 2. The van der Waals surface area contributed by atoms with Gasteiger partial charge < -0.3 is 25.4 Å². The smallest absolute Gasteiger partial charge is 0.323 e. The van der Waals surface area contributed by atoms with Crippen LogP contribution in [0.1, 0.15) is 24.2 Å². The molecule has 3 amide bonds. The monoisotopic (exact) mass is 600 g/mol. The number of sulfonamides is 1. The molecule has 41 heavy (non-hydrogen) atoms. The Kier molecular flexibility index (Phi) is 9.54. The molecule has 10 nitrogen and oxygen atoms in total. The number of nitrogens with one attached hydrogen (secondary N) is 2. The minimum atomic E-state index is -3.89. The number of hydrogen-bond donors (Lipinski definition) is 3. The van der Waals surface area contributed by atoms with E-state index in [0.29, 0.717) is 10.7 Å². The number of amides is 3. The molecule has 0 radical (unpaired) electrons. The van der Waals surface area contributed by atoms with Gasteiger partial charge >= 0.3 is 6.03 Å². The maximum absolute atomic E-state index is 13.7. The van der Waals surface area contributed by atoms with Crippen LogP contribution < -0.4 is 15.4 Å². The largest absolute Gasteiger partial charge is 0.486 e. The number of carbonyl (C=O) groups is 2. The second-order valence-corrected chi connectivity index (χ2v) is 12.5. The van der Waals surface area contributed by atoms with Crippen molar-refractivity contribution in [3.05, 3.63) is 83.4 Å². The molecule has 0 aromatic heterocycles. The van der Waals surface area contributed by atoms with Gasteiger partial charge in [0.25, 0.3) is 5.91 Å². The Morgan fingerprint density at radius 2 is 1.78 bits per heavy atom. The van der Waals surface area contributed by atoms with E-state index in [9.17, 15) is 23.1 Å². The minimum absolute atomic E-state index is 0.0500. The maximum atomic E-state index is 13.7. The van der Waals surface area contributed by atoms with E-state index < -0.39 is 28.2 Å². The maximum Gasteiger partial charge on any atom is 0.323 e. The van der Waals surface area contributed by atoms with Gasteiger partial charge in [0.1, 0.15) is 6.10 Å². The number of benzene rings is 3. The Balaban J connectivity index is 1.68. The van der Waals surface area contributed by atoms with Gasteiger partial charge in [-0.3, -0.25) is 4.79 Å². The first-order valence-electron chi connectivity index (χ1n) is 13.1. The molecule has 3 aromatic rings. The summed E-state index contributed by atoms with van der Waals surface area (Å²) in [4.78, 5) is 28.1. The fourth-order valence-corrected chi connectivity index (χ4v) is 5.81. The van der Waals surface area contributed by atoms with Crippen LogP contribution in [0, 0.1) is 5.92 Å². The number of urea groups is 1. The molecule has 0 unspecified atom stereocenters. The lowest BCUT2D eigenvalue weighted by molar-refractivity contribution is 0.0389. The standard InChI is InChI=1S/C29H33ClN4O6S/c1-19-16-34(20(2)18-35)28(36)24-10-7-11-25(32-29(37)31-22-8-5-4-6-9-22)27(24)40-26(19)17-33(3)41(38,39)23-14-12-21(30)13-15-23/h4-15,19-20,26,35H,16-18H2,1-3H3,(H2,31,32,37)/t19-,20-,26+/m1/s1. The molecule has 1 heterocycles. The molecule has 0 bridgehead atoms. The van der Waals surface area contributed by atoms with Crippen molar-refractivity contribution in [1.29, 1.82) is 0 Å². The summed E-state index contributed by atoms with van der Waals surface area (Å²) in [6.45, 7) is 3.48. The molecule has 4 rings (SSSR count). The topological polar surface area (TPSA) is 128 Å². The quantitative estimate of drug-likeness (QED) is 0.349. The molecule has 3 N–H and O–H groups in total. The van der Waals surface area contributed by atoms with Gasteiger partial charge in [0.05, 0.1) is 35.3 Å². The van der Waals surface area contributed by atoms with E-state index in [1.807, 2.05) is 13.0 Å². The number of rotatable bonds is 8. The highest BCUT2D eigenvalue weighted by Crippen LogP contribution is 2.35. The second-order valence-electron chi connectivity index (χ2n) is 9.99. The molecule has 0 saturated carbocycles. The molecule has 218 valence electrons. The van der Waals surface area contributed by atoms with Gasteiger partial charge in [0.2, 0.25) is 10.0 Å². The summed E-state index contributed by atoms with van der Waals surface area (Å²) in [5, 5.41) is 15.8. The molecule has 0 saturated heterocycles. The van der Waals surface area contributed by atoms with Gasteiger partial charge in [0.15, 0.2) is 5.75 Å². The molecular weight excluding hydrogens is 568 g/mol. The van der Waals surface area contributed by atoms with Crippen molar-refractivity contribution in [2.75, 3.05) is 37.4 Å². The van der Waals surface area contributed by atoms with Gasteiger partial charge in [-0.1, -0.05) is 42.8 Å². The first-order valence-corrected chi connectivity index (χ1v) is 14.9. The third-order valence-corrected chi connectivity index (χ3v) is 9.02. The van der Waals surface area contributed by atoms with Gasteiger partial charge in [-0.05, 0) is 55.5 Å². The lowest BCUT2D eigenvalue weighted by Gasteiger charge is -2.38. The van der Waals surface area contributed by atoms with Crippen LogP contribution >= 0.6 is 11.6 Å². The second kappa shape index (κ2) is 12.9. The molecule has 3 aromatic carbocycles. The van der Waals surface area contributed by atoms with Crippen molar-refractivity contribution in [3.63, 3.8) is 0 Å². The fraction of sp³-hybridized carbons (Fsp3) is 0.310. The van der Waals surface area contributed by atoms with Crippen LogP contribution in [-0.2, 0) is 10.0 Å². The SMILES string of the molecule is C[C@@H]1CN([C@H](C)CO)C(=O)c2cccc(NC(=O)Nc3ccccc3)c2O[C@H]1CN(C)S(=O)(=O)c1ccc(Cl)cc1. The van der Waals surface area contributed by atoms with Crippen LogP contribution in [0.15, 0.2) is 77.7 Å². The average Bonchev–Trinajstić information content (AvgIpc) is 2.95. The predicted octanol–water partition coefficient (Wildman–Crippen LogP) is 4.52. The Hall–Kier alpha value is -3.64. The Bertz CT molecular complexity index is 1490. The van der Waals surface area contributed by atoms with Crippen LogP contribution in [0.4, 0.5) is 16.2 Å². The van der Waals surface area contributed by atoms with Crippen LogP contribution in [0.3, 0.4) is 0 Å². The van der Waals surface area contributed by atoms with Crippen molar-refractivity contribution >= 4 is 44.9 Å². The molecule has 12 heteroatoms. The van der Waals surface area contributed by atoms with Crippen molar-refractivity contribution in [2.45, 2.75) is 30.9 Å². The molecule has 3 atom stereocenters. The first kappa shape index (κ1) is 30.3. The number of hydrogen-bond acceptors (Lipinski definition) is 6. The molecule has 1 aliphatic rings. The fourth-order valence-electron chi connectivity index (χ4n) is 4.50. The van der Waals surface area contributed by atoms with E-state index in [-0.39, 0.29) is 53.4 Å². The van der Waals surface area contributed by atoms with Crippen molar-refractivity contribution < 1.29 is 27.9 Å². The summed E-state index contributed by atoms with van der Waals surface area (Å²) in [6, 6.07) is 18.5. The number of aliphatic hydroxyl groups excluding tert-OH is 1. The number of likely N-dealkylation sites (N-methyl/N-ethyl adjacent to an activating group) is 1. The van der Waals surface area contributed by atoms with E-state index in [1.165, 1.54) is 35.6 Å². The number of halogens is 1. The van der Waals surface area contributed by atoms with Crippen LogP contribution in [0.2, 0.25) is 5.02 Å². The summed E-state index contributed by atoms with van der Waals surface area (Å²) in [6.07, 6.45) is -0.720. The number of carbonyl (C=O) groups excluding carboxylic acids is 2. The van der Waals surface area contributed by atoms with Crippen LogP contribution in [-0.4, -0.2) is 73.6 Å². The van der Waals surface area contributed by atoms with Crippen LogP contribution in [0.5, 0.6) is 5.75 Å². The third-order valence-electron chi connectivity index (χ3n) is 6.93. The first-order chi connectivity index (χ1) is 19.5. The van der Waals surface area contributed by atoms with Gasteiger partial charge in [-0.25, -0.2) is 13.2 Å². The zero-order chi connectivity index (χ0) is 29.7. The average molecular weight is 601 g/mol. The lowest BCUT2D eigenvalue weighted by Crippen LogP contribution is -2.50. The van der Waals surface area contributed by atoms with E-state index in [4.69, 9.17) is 16.3 Å². The number of nitrogens with zero attached hydrogens (tertiary/aromatic N) is 2. The number of fused-ring (bicyclic) bond motifs is 1. The zero-order valence-electron chi connectivity index (χ0n) is 23.0. The third kappa shape index (κ3) is 6.99. The van der Waals surface area contributed by atoms with Crippen molar-refractivity contribution in [3.8, 4) is 5.75 Å². The Labute approximate surface area is 244 Å². The predicted molar refractivity (Wildman–Crippen MR) is 158 cm³/mol. The summed E-state index contributed by atoms with van der Waals surface area (Å²) >= 11 is 5.94. The molecule has 0 spiro atoms. The van der Waals surface area contributed by atoms with Gasteiger partial charge in [-0.15, -0.1) is 0 Å². The number of aliphatic hydroxyl groups is 1. The molecular formula is C29H33ClN4O6S. The zero-order valence-corrected chi connectivity index (χ0v) is 24.5. The summed E-state index contributed by atoms with van der Waals surface area (Å²) in [5.41, 5.74) is 0.996. The van der Waals surface area contributed by atoms with Crippen molar-refractivity contribution in [1.82, 2.24) is 9.21 Å².